The maximum Gasteiger partial charge on any atom is 0.268 e. The quantitative estimate of drug-likeness (QED) is 0.712. The van der Waals surface area contributed by atoms with Gasteiger partial charge < -0.3 is 16.2 Å². The van der Waals surface area contributed by atoms with Crippen LogP contribution in [-0.4, -0.2) is 22.4 Å². The van der Waals surface area contributed by atoms with Crippen molar-refractivity contribution in [3.8, 4) is 11.6 Å². The van der Waals surface area contributed by atoms with Crippen molar-refractivity contribution in [3.05, 3.63) is 83.8 Å². The Labute approximate surface area is 151 Å². The number of primary amides is 1. The molecule has 1 aromatic heterocycles. The van der Waals surface area contributed by atoms with Gasteiger partial charge >= 0.3 is 0 Å². The molecule has 1 amide bonds. The summed E-state index contributed by atoms with van der Waals surface area (Å²) in [6.45, 7) is 2.60. The van der Waals surface area contributed by atoms with Crippen molar-refractivity contribution in [1.29, 1.82) is 0 Å². The molecule has 6 nitrogen and oxygen atoms in total. The predicted octanol–water partition coefficient (Wildman–Crippen LogP) is 2.63. The zero-order valence-electron chi connectivity index (χ0n) is 14.4. The highest BCUT2D eigenvalue weighted by Gasteiger charge is 2.27. The number of nitrogens with two attached hydrogens (primary N) is 2. The highest BCUT2D eigenvalue weighted by atomic mass is 16.5. The molecule has 0 aliphatic rings. The van der Waals surface area contributed by atoms with Gasteiger partial charge in [-0.25, -0.2) is 9.97 Å². The summed E-state index contributed by atoms with van der Waals surface area (Å²) in [5.41, 5.74) is 13.3. The van der Waals surface area contributed by atoms with Crippen molar-refractivity contribution < 1.29 is 9.53 Å². The fraction of sp³-hybridized carbons (Fsp3) is 0.150. The topological polar surface area (TPSA) is 104 Å². The number of hydrogen-bond donors (Lipinski definition) is 2. The lowest BCUT2D eigenvalue weighted by Crippen LogP contribution is -2.33. The second kappa shape index (κ2) is 7.33. The van der Waals surface area contributed by atoms with Crippen LogP contribution in [0.15, 0.2) is 67.0 Å². The first-order chi connectivity index (χ1) is 12.5. The second-order valence-electron chi connectivity index (χ2n) is 6.13. The zero-order chi connectivity index (χ0) is 18.6. The summed E-state index contributed by atoms with van der Waals surface area (Å²) in [5, 5.41) is 0. The van der Waals surface area contributed by atoms with E-state index in [0.717, 1.165) is 11.1 Å². The van der Waals surface area contributed by atoms with E-state index < -0.39 is 5.91 Å². The van der Waals surface area contributed by atoms with Gasteiger partial charge in [-0.15, -0.1) is 0 Å². The SMILES string of the molecule is CC(CN)(c1ccccc1)c1ccc(Oc2cnc(C(N)=O)cn2)cc1. The van der Waals surface area contributed by atoms with Crippen LogP contribution in [0.1, 0.15) is 28.5 Å². The number of amides is 1. The molecule has 0 aliphatic carbocycles. The van der Waals surface area contributed by atoms with E-state index in [4.69, 9.17) is 16.2 Å². The molecule has 4 N–H and O–H groups in total. The van der Waals surface area contributed by atoms with E-state index in [0.29, 0.717) is 12.3 Å². The van der Waals surface area contributed by atoms with E-state index in [1.54, 1.807) is 0 Å². The van der Waals surface area contributed by atoms with Crippen LogP contribution in [0.4, 0.5) is 0 Å². The summed E-state index contributed by atoms with van der Waals surface area (Å²) in [6, 6.07) is 17.8. The molecule has 3 aromatic rings. The fourth-order valence-corrected chi connectivity index (χ4v) is 2.72. The van der Waals surface area contributed by atoms with Crippen molar-refractivity contribution in [2.75, 3.05) is 6.54 Å². The van der Waals surface area contributed by atoms with E-state index >= 15 is 0 Å². The van der Waals surface area contributed by atoms with Crippen LogP contribution in [0.25, 0.3) is 0 Å². The minimum absolute atomic E-state index is 0.0919. The first kappa shape index (κ1) is 17.6. The van der Waals surface area contributed by atoms with Crippen molar-refractivity contribution in [3.63, 3.8) is 0 Å². The normalized spacial score (nSPS) is 13.0. The number of benzene rings is 2. The van der Waals surface area contributed by atoms with Crippen molar-refractivity contribution in [1.82, 2.24) is 9.97 Å². The van der Waals surface area contributed by atoms with E-state index in [-0.39, 0.29) is 17.0 Å². The summed E-state index contributed by atoms with van der Waals surface area (Å²) in [4.78, 5) is 18.9. The molecule has 26 heavy (non-hydrogen) atoms. The molecule has 6 heteroatoms. The molecule has 0 saturated heterocycles. The molecule has 132 valence electrons. The number of aromatic nitrogens is 2. The third-order valence-electron chi connectivity index (χ3n) is 4.41. The number of nitrogens with zero attached hydrogens (tertiary/aromatic N) is 2. The summed E-state index contributed by atoms with van der Waals surface area (Å²) < 4.78 is 5.66. The summed E-state index contributed by atoms with van der Waals surface area (Å²) >= 11 is 0. The smallest absolute Gasteiger partial charge is 0.268 e. The highest BCUT2D eigenvalue weighted by Crippen LogP contribution is 2.32. The molecule has 0 spiro atoms. The Morgan fingerprint density at radius 3 is 2.19 bits per heavy atom. The molecule has 0 aliphatic heterocycles. The molecule has 3 rings (SSSR count). The molecule has 0 saturated carbocycles. The average Bonchev–Trinajstić information content (AvgIpc) is 2.69. The third kappa shape index (κ3) is 3.55. The van der Waals surface area contributed by atoms with Crippen LogP contribution < -0.4 is 16.2 Å². The Balaban J connectivity index is 1.80. The summed E-state index contributed by atoms with van der Waals surface area (Å²) in [6.07, 6.45) is 2.65. The van der Waals surface area contributed by atoms with Gasteiger partial charge in [0.1, 0.15) is 11.4 Å². The Morgan fingerprint density at radius 2 is 1.65 bits per heavy atom. The molecule has 1 unspecified atom stereocenters. The Morgan fingerprint density at radius 1 is 1.00 bits per heavy atom. The number of rotatable bonds is 6. The first-order valence-electron chi connectivity index (χ1n) is 8.19. The van der Waals surface area contributed by atoms with Crippen LogP contribution in [0.3, 0.4) is 0 Å². The van der Waals surface area contributed by atoms with Gasteiger partial charge in [-0.05, 0) is 23.3 Å². The molecular weight excluding hydrogens is 328 g/mol. The van der Waals surface area contributed by atoms with Gasteiger partial charge in [0.2, 0.25) is 5.88 Å². The zero-order valence-corrected chi connectivity index (χ0v) is 14.4. The first-order valence-corrected chi connectivity index (χ1v) is 8.19. The van der Waals surface area contributed by atoms with E-state index in [2.05, 4.69) is 29.0 Å². The van der Waals surface area contributed by atoms with Crippen LogP contribution in [-0.2, 0) is 5.41 Å². The van der Waals surface area contributed by atoms with Gasteiger partial charge in [0.15, 0.2) is 0 Å². The molecule has 0 bridgehead atoms. The Kier molecular flexibility index (Phi) is 4.95. The lowest BCUT2D eigenvalue weighted by atomic mass is 9.76. The van der Waals surface area contributed by atoms with Gasteiger partial charge in [0.05, 0.1) is 12.4 Å². The van der Waals surface area contributed by atoms with E-state index in [1.807, 2.05) is 42.5 Å². The number of carbonyl (C=O) groups is 1. The fourth-order valence-electron chi connectivity index (χ4n) is 2.72. The van der Waals surface area contributed by atoms with Crippen LogP contribution in [0, 0.1) is 0 Å². The third-order valence-corrected chi connectivity index (χ3v) is 4.41. The van der Waals surface area contributed by atoms with Crippen molar-refractivity contribution in [2.24, 2.45) is 11.5 Å². The van der Waals surface area contributed by atoms with Gasteiger partial charge in [-0.2, -0.15) is 0 Å². The minimum Gasteiger partial charge on any atom is -0.438 e. The molecule has 1 heterocycles. The van der Waals surface area contributed by atoms with Crippen LogP contribution in [0.5, 0.6) is 11.6 Å². The van der Waals surface area contributed by atoms with Crippen molar-refractivity contribution >= 4 is 5.91 Å². The van der Waals surface area contributed by atoms with Crippen LogP contribution in [0.2, 0.25) is 0 Å². The lowest BCUT2D eigenvalue weighted by molar-refractivity contribution is 0.0995. The molecule has 1 atom stereocenters. The Hall–Kier alpha value is -3.25. The molecule has 0 fully saturated rings. The maximum atomic E-state index is 11.0. The Bertz CT molecular complexity index is 880. The van der Waals surface area contributed by atoms with Crippen molar-refractivity contribution in [2.45, 2.75) is 12.3 Å². The second-order valence-corrected chi connectivity index (χ2v) is 6.13. The number of ether oxygens (including phenoxy) is 1. The van der Waals surface area contributed by atoms with Gasteiger partial charge in [0.25, 0.3) is 5.91 Å². The summed E-state index contributed by atoms with van der Waals surface area (Å²) in [5.74, 6) is 0.269. The number of carbonyl (C=O) groups excluding carboxylic acids is 1. The minimum atomic E-state index is -0.629. The lowest BCUT2D eigenvalue weighted by Gasteiger charge is -2.29. The maximum absolute atomic E-state index is 11.0. The van der Waals surface area contributed by atoms with Gasteiger partial charge in [-0.3, -0.25) is 4.79 Å². The van der Waals surface area contributed by atoms with E-state index in [1.165, 1.54) is 12.4 Å². The predicted molar refractivity (Wildman–Crippen MR) is 99.0 cm³/mol. The largest absolute Gasteiger partial charge is 0.438 e. The summed E-state index contributed by atoms with van der Waals surface area (Å²) in [7, 11) is 0. The molecule has 0 radical (unpaired) electrons. The standard InChI is InChI=1S/C20H20N4O2/c1-20(13-21,14-5-3-2-4-6-14)15-7-9-16(10-8-15)26-18-12-23-17(11-24-18)19(22)25/h2-12H,13,21H2,1H3,(H2,22,25). The average molecular weight is 348 g/mol. The molecular formula is C20H20N4O2. The molecule has 2 aromatic carbocycles. The number of hydrogen-bond acceptors (Lipinski definition) is 5. The van der Waals surface area contributed by atoms with Gasteiger partial charge in [-0.1, -0.05) is 49.4 Å². The van der Waals surface area contributed by atoms with E-state index in [9.17, 15) is 4.79 Å². The monoisotopic (exact) mass is 348 g/mol. The highest BCUT2D eigenvalue weighted by molar-refractivity contribution is 5.90. The van der Waals surface area contributed by atoms with Crippen LogP contribution >= 0.6 is 0 Å². The van der Waals surface area contributed by atoms with Gasteiger partial charge in [0, 0.05) is 12.0 Å².